The molecule has 5 heteroatoms. The number of likely N-dealkylation sites (tertiary alicyclic amines) is 1. The third-order valence-electron chi connectivity index (χ3n) is 2.83. The fourth-order valence-corrected chi connectivity index (χ4v) is 1.82. The number of amides is 1. The average Bonchev–Trinajstić information content (AvgIpc) is 2.68. The summed E-state index contributed by atoms with van der Waals surface area (Å²) in [6.45, 7) is 0.580. The third kappa shape index (κ3) is 2.95. The standard InChI is InChI=1S/C12H16N2O3/c15-10-7-14(8-11(10)16)12(17)6-13-9-4-2-1-3-5-9/h1-5,10-11,13,15-16H,6-8H2. The van der Waals surface area contributed by atoms with E-state index >= 15 is 0 Å². The van der Waals surface area contributed by atoms with Crippen LogP contribution in [0.5, 0.6) is 0 Å². The Morgan fingerprint density at radius 2 is 1.82 bits per heavy atom. The number of aliphatic hydroxyl groups excluding tert-OH is 2. The first-order valence-corrected chi connectivity index (χ1v) is 5.59. The summed E-state index contributed by atoms with van der Waals surface area (Å²) in [4.78, 5) is 13.2. The van der Waals surface area contributed by atoms with Crippen molar-refractivity contribution in [2.45, 2.75) is 12.2 Å². The van der Waals surface area contributed by atoms with Gasteiger partial charge in [0.15, 0.2) is 0 Å². The van der Waals surface area contributed by atoms with Crippen LogP contribution in [0, 0.1) is 0 Å². The van der Waals surface area contributed by atoms with Crippen LogP contribution in [-0.2, 0) is 4.79 Å². The summed E-state index contributed by atoms with van der Waals surface area (Å²) in [5, 5.41) is 21.7. The molecule has 0 aliphatic carbocycles. The molecule has 1 saturated heterocycles. The van der Waals surface area contributed by atoms with Crippen molar-refractivity contribution in [1.29, 1.82) is 0 Å². The van der Waals surface area contributed by atoms with E-state index in [9.17, 15) is 15.0 Å². The maximum atomic E-state index is 11.8. The van der Waals surface area contributed by atoms with Gasteiger partial charge in [0.1, 0.15) is 0 Å². The third-order valence-corrected chi connectivity index (χ3v) is 2.83. The monoisotopic (exact) mass is 236 g/mol. The summed E-state index contributed by atoms with van der Waals surface area (Å²) < 4.78 is 0. The minimum atomic E-state index is -0.823. The SMILES string of the molecule is O=C(CNc1ccccc1)N1CC(O)C(O)C1. The number of anilines is 1. The molecule has 0 radical (unpaired) electrons. The van der Waals surface area contributed by atoms with Gasteiger partial charge in [0.25, 0.3) is 0 Å². The molecular weight excluding hydrogens is 220 g/mol. The molecular formula is C12H16N2O3. The Balaban J connectivity index is 1.82. The van der Waals surface area contributed by atoms with E-state index in [2.05, 4.69) is 5.32 Å². The lowest BCUT2D eigenvalue weighted by molar-refractivity contribution is -0.128. The highest BCUT2D eigenvalue weighted by Crippen LogP contribution is 2.10. The summed E-state index contributed by atoms with van der Waals surface area (Å²) >= 11 is 0. The zero-order valence-corrected chi connectivity index (χ0v) is 9.41. The number of aliphatic hydroxyl groups is 2. The highest BCUT2D eigenvalue weighted by Gasteiger charge is 2.32. The Kier molecular flexibility index (Phi) is 3.61. The summed E-state index contributed by atoms with van der Waals surface area (Å²) in [5.41, 5.74) is 0.876. The lowest BCUT2D eigenvalue weighted by Gasteiger charge is -2.16. The summed E-state index contributed by atoms with van der Waals surface area (Å²) in [5.74, 6) is -0.121. The van der Waals surface area contributed by atoms with E-state index in [-0.39, 0.29) is 25.5 Å². The van der Waals surface area contributed by atoms with E-state index in [1.807, 2.05) is 30.3 Å². The van der Waals surface area contributed by atoms with E-state index < -0.39 is 12.2 Å². The molecule has 2 atom stereocenters. The van der Waals surface area contributed by atoms with Crippen molar-refractivity contribution in [2.75, 3.05) is 25.0 Å². The fraction of sp³-hybridized carbons (Fsp3) is 0.417. The van der Waals surface area contributed by atoms with Gasteiger partial charge < -0.3 is 20.4 Å². The Bertz CT molecular complexity index is 373. The lowest BCUT2D eigenvalue weighted by Crippen LogP contribution is -2.34. The number of benzene rings is 1. The molecule has 1 fully saturated rings. The summed E-state index contributed by atoms with van der Waals surface area (Å²) in [6, 6.07) is 9.43. The maximum Gasteiger partial charge on any atom is 0.242 e. The van der Waals surface area contributed by atoms with Crippen LogP contribution >= 0.6 is 0 Å². The lowest BCUT2D eigenvalue weighted by atomic mass is 10.3. The fourth-order valence-electron chi connectivity index (χ4n) is 1.82. The van der Waals surface area contributed by atoms with Gasteiger partial charge in [-0.15, -0.1) is 0 Å². The molecule has 3 N–H and O–H groups in total. The van der Waals surface area contributed by atoms with Crippen LogP contribution in [-0.4, -0.2) is 52.9 Å². The van der Waals surface area contributed by atoms with Crippen LogP contribution in [0.4, 0.5) is 5.69 Å². The zero-order chi connectivity index (χ0) is 12.3. The van der Waals surface area contributed by atoms with Crippen LogP contribution in [0.3, 0.4) is 0 Å². The molecule has 5 nitrogen and oxygen atoms in total. The van der Waals surface area contributed by atoms with Crippen molar-refractivity contribution in [3.8, 4) is 0 Å². The normalized spacial score (nSPS) is 23.8. The predicted octanol–water partition coefficient (Wildman–Crippen LogP) is -0.338. The van der Waals surface area contributed by atoms with E-state index in [1.165, 1.54) is 4.90 Å². The summed E-state index contributed by atoms with van der Waals surface area (Å²) in [6.07, 6.45) is -1.65. The number of nitrogens with zero attached hydrogens (tertiary/aromatic N) is 1. The van der Waals surface area contributed by atoms with Crippen molar-refractivity contribution in [1.82, 2.24) is 4.90 Å². The highest BCUT2D eigenvalue weighted by molar-refractivity contribution is 5.81. The molecule has 1 aromatic rings. The molecule has 0 bridgehead atoms. The number of para-hydroxylation sites is 1. The van der Waals surface area contributed by atoms with Crippen molar-refractivity contribution >= 4 is 11.6 Å². The first kappa shape index (κ1) is 11.9. The molecule has 1 aliphatic rings. The van der Waals surface area contributed by atoms with Crippen molar-refractivity contribution in [2.24, 2.45) is 0 Å². The summed E-state index contributed by atoms with van der Waals surface area (Å²) in [7, 11) is 0. The van der Waals surface area contributed by atoms with Gasteiger partial charge in [-0.05, 0) is 12.1 Å². The van der Waals surface area contributed by atoms with E-state index in [0.29, 0.717) is 0 Å². The maximum absolute atomic E-state index is 11.8. The number of nitrogens with one attached hydrogen (secondary N) is 1. The van der Waals surface area contributed by atoms with E-state index in [1.54, 1.807) is 0 Å². The van der Waals surface area contributed by atoms with Gasteiger partial charge >= 0.3 is 0 Å². The van der Waals surface area contributed by atoms with Gasteiger partial charge in [0.05, 0.1) is 18.8 Å². The zero-order valence-electron chi connectivity index (χ0n) is 9.41. The molecule has 1 aliphatic heterocycles. The quantitative estimate of drug-likeness (QED) is 0.671. The van der Waals surface area contributed by atoms with Gasteiger partial charge in [-0.1, -0.05) is 18.2 Å². The number of hydrogen-bond acceptors (Lipinski definition) is 4. The number of carbonyl (C=O) groups is 1. The molecule has 0 aromatic heterocycles. The average molecular weight is 236 g/mol. The number of hydrogen-bond donors (Lipinski definition) is 3. The topological polar surface area (TPSA) is 72.8 Å². The molecule has 2 rings (SSSR count). The first-order chi connectivity index (χ1) is 8.16. The molecule has 17 heavy (non-hydrogen) atoms. The molecule has 92 valence electrons. The minimum Gasteiger partial charge on any atom is -0.388 e. The highest BCUT2D eigenvalue weighted by atomic mass is 16.3. The minimum absolute atomic E-state index is 0.121. The Labute approximate surface area is 99.7 Å². The Morgan fingerprint density at radius 1 is 1.24 bits per heavy atom. The van der Waals surface area contributed by atoms with Gasteiger partial charge in [0.2, 0.25) is 5.91 Å². The van der Waals surface area contributed by atoms with Crippen LogP contribution in [0.2, 0.25) is 0 Å². The van der Waals surface area contributed by atoms with Crippen LogP contribution < -0.4 is 5.32 Å². The smallest absolute Gasteiger partial charge is 0.242 e. The molecule has 1 amide bonds. The van der Waals surface area contributed by atoms with Crippen molar-refractivity contribution in [3.63, 3.8) is 0 Å². The molecule has 0 saturated carbocycles. The number of β-amino-alcohol motifs (C(OH)–C–C–N with tert-alkyl or cyclic N) is 2. The largest absolute Gasteiger partial charge is 0.388 e. The second kappa shape index (κ2) is 5.16. The van der Waals surface area contributed by atoms with Gasteiger partial charge in [0, 0.05) is 18.8 Å². The van der Waals surface area contributed by atoms with Gasteiger partial charge in [-0.2, -0.15) is 0 Å². The number of rotatable bonds is 3. The van der Waals surface area contributed by atoms with Crippen LogP contribution in [0.1, 0.15) is 0 Å². The Hall–Kier alpha value is -1.59. The molecule has 1 heterocycles. The predicted molar refractivity (Wildman–Crippen MR) is 63.5 cm³/mol. The second-order valence-corrected chi connectivity index (χ2v) is 4.15. The van der Waals surface area contributed by atoms with Gasteiger partial charge in [-0.3, -0.25) is 4.79 Å². The molecule has 1 aromatic carbocycles. The van der Waals surface area contributed by atoms with Crippen LogP contribution in [0.15, 0.2) is 30.3 Å². The number of carbonyl (C=O) groups excluding carboxylic acids is 1. The first-order valence-electron chi connectivity index (χ1n) is 5.59. The molecule has 2 unspecified atom stereocenters. The van der Waals surface area contributed by atoms with E-state index in [4.69, 9.17) is 0 Å². The van der Waals surface area contributed by atoms with Crippen molar-refractivity contribution in [3.05, 3.63) is 30.3 Å². The van der Waals surface area contributed by atoms with E-state index in [0.717, 1.165) is 5.69 Å². The van der Waals surface area contributed by atoms with Crippen LogP contribution in [0.25, 0.3) is 0 Å². The molecule has 0 spiro atoms. The van der Waals surface area contributed by atoms with Gasteiger partial charge in [-0.25, -0.2) is 0 Å². The Morgan fingerprint density at radius 3 is 2.41 bits per heavy atom. The second-order valence-electron chi connectivity index (χ2n) is 4.15. The van der Waals surface area contributed by atoms with Crippen molar-refractivity contribution < 1.29 is 15.0 Å².